The second-order valence-electron chi connectivity index (χ2n) is 19.9. The summed E-state index contributed by atoms with van der Waals surface area (Å²) in [5.41, 5.74) is 0. The second kappa shape index (κ2) is 57.0. The molecule has 0 aromatic heterocycles. The number of ether oxygens (including phenoxy) is 3. The molecule has 0 N–H and O–H groups in total. The van der Waals surface area contributed by atoms with Crippen molar-refractivity contribution in [2.24, 2.45) is 0 Å². The van der Waals surface area contributed by atoms with E-state index in [0.717, 1.165) is 77.0 Å². The van der Waals surface area contributed by atoms with Gasteiger partial charge in [0.25, 0.3) is 0 Å². The van der Waals surface area contributed by atoms with E-state index in [1.54, 1.807) is 0 Å². The van der Waals surface area contributed by atoms with Crippen molar-refractivity contribution >= 4 is 17.9 Å². The van der Waals surface area contributed by atoms with Gasteiger partial charge in [0.05, 0.1) is 0 Å². The van der Waals surface area contributed by atoms with Gasteiger partial charge in [-0.3, -0.25) is 14.4 Å². The van der Waals surface area contributed by atoms with E-state index in [1.807, 2.05) is 0 Å². The van der Waals surface area contributed by atoms with Crippen LogP contribution in [-0.4, -0.2) is 37.2 Å². The summed E-state index contributed by atoms with van der Waals surface area (Å²) >= 11 is 0. The van der Waals surface area contributed by atoms with Gasteiger partial charge >= 0.3 is 17.9 Å². The zero-order valence-corrected chi connectivity index (χ0v) is 45.4. The molecule has 68 heavy (non-hydrogen) atoms. The van der Waals surface area contributed by atoms with Crippen LogP contribution < -0.4 is 0 Å². The van der Waals surface area contributed by atoms with E-state index in [1.165, 1.54) is 193 Å². The smallest absolute Gasteiger partial charge is 0.306 e. The Kier molecular flexibility index (Phi) is 54.8. The van der Waals surface area contributed by atoms with E-state index < -0.39 is 6.10 Å². The summed E-state index contributed by atoms with van der Waals surface area (Å²) in [5, 5.41) is 0. The van der Waals surface area contributed by atoms with E-state index in [2.05, 4.69) is 69.4 Å². The van der Waals surface area contributed by atoms with Crippen molar-refractivity contribution in [3.05, 3.63) is 48.6 Å². The Labute approximate surface area is 422 Å². The minimum absolute atomic E-state index is 0.0748. The number of hydrogen-bond donors (Lipinski definition) is 0. The highest BCUT2D eigenvalue weighted by Crippen LogP contribution is 2.16. The fourth-order valence-corrected chi connectivity index (χ4v) is 8.55. The third-order valence-electron chi connectivity index (χ3n) is 13.1. The number of unbranched alkanes of at least 4 members (excludes halogenated alkanes) is 35. The molecule has 6 heteroatoms. The molecule has 0 spiro atoms. The SMILES string of the molecule is CCCC/C=C\CCCCCCCC(=O)OCC(COC(=O)CCCCCCCCCCCC/C=C\C/C=C\C/C=C\CCCCCCC)OC(=O)CCCCCCCCCCCCCCCC. The van der Waals surface area contributed by atoms with Crippen LogP contribution in [0.3, 0.4) is 0 Å². The molecule has 0 amide bonds. The lowest BCUT2D eigenvalue weighted by molar-refractivity contribution is -0.167. The molecule has 0 bridgehead atoms. The third kappa shape index (κ3) is 54.3. The second-order valence-corrected chi connectivity index (χ2v) is 19.9. The molecule has 1 atom stereocenters. The summed E-state index contributed by atoms with van der Waals surface area (Å²) in [6.45, 7) is 6.61. The molecule has 1 unspecified atom stereocenters. The quantitative estimate of drug-likeness (QED) is 0.0262. The molecule has 0 aromatic carbocycles. The van der Waals surface area contributed by atoms with Gasteiger partial charge in [-0.25, -0.2) is 0 Å². The highest BCUT2D eigenvalue weighted by Gasteiger charge is 2.19. The maximum absolute atomic E-state index is 12.8. The van der Waals surface area contributed by atoms with Crippen LogP contribution in [0.4, 0.5) is 0 Å². The molecule has 0 rings (SSSR count). The Morgan fingerprint density at radius 3 is 0.882 bits per heavy atom. The minimum atomic E-state index is -0.775. The summed E-state index contributed by atoms with van der Waals surface area (Å²) in [7, 11) is 0. The van der Waals surface area contributed by atoms with Gasteiger partial charge in [-0.05, 0) is 77.0 Å². The van der Waals surface area contributed by atoms with Crippen molar-refractivity contribution in [3.63, 3.8) is 0 Å². The minimum Gasteiger partial charge on any atom is -0.462 e. The van der Waals surface area contributed by atoms with E-state index in [4.69, 9.17) is 14.2 Å². The summed E-state index contributed by atoms with van der Waals surface area (Å²) < 4.78 is 16.8. The number of esters is 3. The van der Waals surface area contributed by atoms with Gasteiger partial charge in [-0.1, -0.05) is 262 Å². The van der Waals surface area contributed by atoms with Crippen LogP contribution in [0.5, 0.6) is 0 Å². The number of carbonyl (C=O) groups excluding carboxylic acids is 3. The van der Waals surface area contributed by atoms with Crippen LogP contribution in [0.1, 0.15) is 310 Å². The molecular weight excluding hydrogens is 841 g/mol. The Morgan fingerprint density at radius 1 is 0.294 bits per heavy atom. The third-order valence-corrected chi connectivity index (χ3v) is 13.1. The van der Waals surface area contributed by atoms with Crippen LogP contribution in [0.15, 0.2) is 48.6 Å². The van der Waals surface area contributed by atoms with Gasteiger partial charge < -0.3 is 14.2 Å². The van der Waals surface area contributed by atoms with Crippen LogP contribution >= 0.6 is 0 Å². The van der Waals surface area contributed by atoms with E-state index in [0.29, 0.717) is 19.3 Å². The Morgan fingerprint density at radius 2 is 0.544 bits per heavy atom. The van der Waals surface area contributed by atoms with E-state index in [9.17, 15) is 14.4 Å². The first-order chi connectivity index (χ1) is 33.5. The lowest BCUT2D eigenvalue weighted by Crippen LogP contribution is -2.30. The normalized spacial score (nSPS) is 12.3. The molecule has 0 saturated carbocycles. The van der Waals surface area contributed by atoms with Crippen LogP contribution in [0, 0.1) is 0 Å². The molecule has 6 nitrogen and oxygen atoms in total. The average Bonchev–Trinajstić information content (AvgIpc) is 3.34. The lowest BCUT2D eigenvalue weighted by atomic mass is 10.0. The first-order valence-electron chi connectivity index (χ1n) is 29.6. The van der Waals surface area contributed by atoms with Crippen molar-refractivity contribution in [1.29, 1.82) is 0 Å². The fourth-order valence-electron chi connectivity index (χ4n) is 8.55. The summed E-state index contributed by atoms with van der Waals surface area (Å²) in [4.78, 5) is 38.1. The number of hydrogen-bond acceptors (Lipinski definition) is 6. The van der Waals surface area contributed by atoms with Crippen molar-refractivity contribution < 1.29 is 28.6 Å². The summed E-state index contributed by atoms with van der Waals surface area (Å²) in [6, 6.07) is 0. The van der Waals surface area contributed by atoms with Crippen molar-refractivity contribution in [2.45, 2.75) is 316 Å². The van der Waals surface area contributed by atoms with Gasteiger partial charge in [0, 0.05) is 19.3 Å². The molecule has 0 saturated heterocycles. The number of rotatable bonds is 54. The zero-order valence-electron chi connectivity index (χ0n) is 45.4. The van der Waals surface area contributed by atoms with Crippen molar-refractivity contribution in [1.82, 2.24) is 0 Å². The molecule has 0 aliphatic rings. The zero-order chi connectivity index (χ0) is 49.3. The van der Waals surface area contributed by atoms with Gasteiger partial charge in [0.1, 0.15) is 13.2 Å². The molecule has 0 fully saturated rings. The highest BCUT2D eigenvalue weighted by molar-refractivity contribution is 5.71. The number of carbonyl (C=O) groups is 3. The van der Waals surface area contributed by atoms with E-state index >= 15 is 0 Å². The van der Waals surface area contributed by atoms with Crippen molar-refractivity contribution in [3.8, 4) is 0 Å². The van der Waals surface area contributed by atoms with Crippen LogP contribution in [0.2, 0.25) is 0 Å². The molecule has 0 aromatic rings. The predicted molar refractivity (Wildman–Crippen MR) is 293 cm³/mol. The van der Waals surface area contributed by atoms with Crippen molar-refractivity contribution in [2.75, 3.05) is 13.2 Å². The predicted octanol–water partition coefficient (Wildman–Crippen LogP) is 19.8. The lowest BCUT2D eigenvalue weighted by Gasteiger charge is -2.18. The average molecular weight is 954 g/mol. The molecular formula is C62H112O6. The molecule has 0 aliphatic heterocycles. The molecule has 396 valence electrons. The standard InChI is InChI=1S/C62H112O6/c1-4-7-10-13-16-19-22-24-26-27-28-29-30-31-32-33-34-35-36-38-40-43-46-49-52-55-61(64)67-58-59(57-66-60(63)54-51-48-45-42-39-21-18-15-12-9-6-3)68-62(65)56-53-50-47-44-41-37-25-23-20-17-14-11-8-5-2/h15,18,22,24,27-28,30-31,59H,4-14,16-17,19-21,23,25-26,29,32-58H2,1-3H3/b18-15-,24-22-,28-27-,31-30-. The van der Waals surface area contributed by atoms with E-state index in [-0.39, 0.29) is 31.1 Å². The topological polar surface area (TPSA) is 78.9 Å². The van der Waals surface area contributed by atoms with Gasteiger partial charge in [0.2, 0.25) is 0 Å². The summed E-state index contributed by atoms with van der Waals surface area (Å²) in [6.07, 6.45) is 69.7. The van der Waals surface area contributed by atoms with Crippen LogP contribution in [-0.2, 0) is 28.6 Å². The maximum atomic E-state index is 12.8. The number of allylic oxidation sites excluding steroid dienone is 8. The maximum Gasteiger partial charge on any atom is 0.306 e. The van der Waals surface area contributed by atoms with Crippen LogP contribution in [0.25, 0.3) is 0 Å². The first-order valence-corrected chi connectivity index (χ1v) is 29.6. The molecule has 0 radical (unpaired) electrons. The van der Waals surface area contributed by atoms with Gasteiger partial charge in [-0.15, -0.1) is 0 Å². The Bertz CT molecular complexity index is 1190. The Balaban J connectivity index is 4.23. The van der Waals surface area contributed by atoms with Gasteiger partial charge in [0.15, 0.2) is 6.10 Å². The first kappa shape index (κ1) is 65.4. The van der Waals surface area contributed by atoms with Gasteiger partial charge in [-0.2, -0.15) is 0 Å². The summed E-state index contributed by atoms with van der Waals surface area (Å²) in [5.74, 6) is -0.874. The Hall–Kier alpha value is -2.63. The monoisotopic (exact) mass is 953 g/mol. The molecule has 0 aliphatic carbocycles. The molecule has 0 heterocycles. The fraction of sp³-hybridized carbons (Fsp3) is 0.823. The highest BCUT2D eigenvalue weighted by atomic mass is 16.6. The largest absolute Gasteiger partial charge is 0.462 e.